The molecule has 0 saturated carbocycles. The van der Waals surface area contributed by atoms with Crippen LogP contribution >= 0.6 is 11.3 Å². The highest BCUT2D eigenvalue weighted by Crippen LogP contribution is 2.32. The van der Waals surface area contributed by atoms with Gasteiger partial charge in [-0.05, 0) is 54.0 Å². The van der Waals surface area contributed by atoms with E-state index in [-0.39, 0.29) is 50.1 Å². The Bertz CT molecular complexity index is 1620. The number of anilines is 1. The van der Waals surface area contributed by atoms with Crippen molar-refractivity contribution >= 4 is 50.1 Å². The Morgan fingerprint density at radius 2 is 1.70 bits per heavy atom. The van der Waals surface area contributed by atoms with Crippen molar-refractivity contribution in [1.82, 2.24) is 9.88 Å². The molecule has 0 saturated heterocycles. The molecule has 2 atom stereocenters. The molecule has 0 aliphatic carbocycles. The Hall–Kier alpha value is -5.17. The first-order valence-corrected chi connectivity index (χ1v) is 14.7. The number of fused-ring (bicyclic) bond motifs is 2. The molecule has 5 rings (SSSR count). The lowest BCUT2D eigenvalue weighted by Gasteiger charge is -2.29. The topological polar surface area (TPSA) is 158 Å². The molecular weight excluding hydrogens is 588 g/mol. The van der Waals surface area contributed by atoms with E-state index in [4.69, 9.17) is 4.74 Å². The average molecular weight is 617 g/mol. The SMILES string of the molecule is O=C(CC[C@@H](CCO[N+](=O)[O-])C(CN1C(=O)c2ccccc2C1=O)C(=O)Nc1cc2ccncc2s1)OCc1ccccc1. The van der Waals surface area contributed by atoms with E-state index in [1.807, 2.05) is 30.3 Å². The number of carbonyl (C=O) groups excluding carboxylic acids is 4. The Kier molecular flexibility index (Phi) is 9.55. The molecule has 12 nitrogen and oxygen atoms in total. The molecule has 1 N–H and O–H groups in total. The number of pyridine rings is 1. The lowest BCUT2D eigenvalue weighted by molar-refractivity contribution is -0.758. The van der Waals surface area contributed by atoms with Gasteiger partial charge in [0.1, 0.15) is 6.61 Å². The first kappa shape index (κ1) is 30.3. The van der Waals surface area contributed by atoms with Gasteiger partial charge in [-0.1, -0.05) is 42.5 Å². The molecule has 1 aliphatic rings. The minimum Gasteiger partial charge on any atom is -0.461 e. The van der Waals surface area contributed by atoms with E-state index in [9.17, 15) is 29.3 Å². The van der Waals surface area contributed by atoms with Crippen molar-refractivity contribution in [2.24, 2.45) is 11.8 Å². The van der Waals surface area contributed by atoms with Crippen LogP contribution in [-0.2, 0) is 25.8 Å². The number of hydrogen-bond acceptors (Lipinski definition) is 10. The van der Waals surface area contributed by atoms with E-state index in [0.717, 1.165) is 20.5 Å². The van der Waals surface area contributed by atoms with E-state index < -0.39 is 40.6 Å². The van der Waals surface area contributed by atoms with Crippen LogP contribution in [0.5, 0.6) is 0 Å². The van der Waals surface area contributed by atoms with Gasteiger partial charge in [0.2, 0.25) is 5.91 Å². The number of nitrogens with zero attached hydrogens (tertiary/aromatic N) is 3. The van der Waals surface area contributed by atoms with E-state index >= 15 is 0 Å². The van der Waals surface area contributed by atoms with Gasteiger partial charge in [-0.2, -0.15) is 0 Å². The molecule has 0 spiro atoms. The summed E-state index contributed by atoms with van der Waals surface area (Å²) in [6.07, 6.45) is 3.30. The standard InChI is InChI=1S/C31H28N4O8S/c36-28(42-19-20-6-2-1-3-7-20)11-10-21(13-15-43-35(40)41)25(18-34-30(38)23-8-4-5-9-24(23)31(34)39)29(37)33-27-16-22-12-14-32-17-26(22)44-27/h1-9,12,14,16-17,21,25H,10-11,13,15,18-19H2,(H,33,37)/t21-,25?/m0/s1. The van der Waals surface area contributed by atoms with Gasteiger partial charge < -0.3 is 14.9 Å². The molecule has 1 aliphatic heterocycles. The van der Waals surface area contributed by atoms with Crippen LogP contribution in [0, 0.1) is 22.0 Å². The minimum absolute atomic E-state index is 0.00450. The van der Waals surface area contributed by atoms with Crippen LogP contribution in [0.1, 0.15) is 45.5 Å². The molecule has 2 aromatic heterocycles. The van der Waals surface area contributed by atoms with Crippen molar-refractivity contribution in [2.75, 3.05) is 18.5 Å². The fourth-order valence-electron chi connectivity index (χ4n) is 5.15. The zero-order chi connectivity index (χ0) is 31.1. The summed E-state index contributed by atoms with van der Waals surface area (Å²) in [7, 11) is 0. The number of rotatable bonds is 14. The number of carbonyl (C=O) groups is 4. The highest BCUT2D eigenvalue weighted by atomic mass is 32.1. The Morgan fingerprint density at radius 1 is 1.00 bits per heavy atom. The van der Waals surface area contributed by atoms with Gasteiger partial charge in [0.05, 0.1) is 33.4 Å². The molecular formula is C31H28N4O8S. The first-order chi connectivity index (χ1) is 21.3. The lowest BCUT2D eigenvalue weighted by atomic mass is 9.84. The van der Waals surface area contributed by atoms with Crippen molar-refractivity contribution in [3.05, 3.63) is 106 Å². The second-order valence-corrected chi connectivity index (χ2v) is 11.3. The zero-order valence-electron chi connectivity index (χ0n) is 23.4. The fraction of sp³-hybridized carbons (Fsp3) is 0.258. The van der Waals surface area contributed by atoms with Crippen molar-refractivity contribution in [2.45, 2.75) is 25.9 Å². The van der Waals surface area contributed by atoms with E-state index in [1.54, 1.807) is 48.8 Å². The van der Waals surface area contributed by atoms with Gasteiger partial charge >= 0.3 is 5.97 Å². The summed E-state index contributed by atoms with van der Waals surface area (Å²) in [5.41, 5.74) is 1.26. The summed E-state index contributed by atoms with van der Waals surface area (Å²) in [5.74, 6) is -3.84. The van der Waals surface area contributed by atoms with Crippen LogP contribution in [0.25, 0.3) is 10.1 Å². The average Bonchev–Trinajstić information content (AvgIpc) is 3.54. The van der Waals surface area contributed by atoms with E-state index in [1.165, 1.54) is 11.3 Å². The van der Waals surface area contributed by atoms with Crippen molar-refractivity contribution in [3.8, 4) is 0 Å². The summed E-state index contributed by atoms with van der Waals surface area (Å²) < 4.78 is 6.24. The molecule has 0 fully saturated rings. The molecule has 1 unspecified atom stereocenters. The molecule has 2 aromatic carbocycles. The van der Waals surface area contributed by atoms with Crippen molar-refractivity contribution in [3.63, 3.8) is 0 Å². The van der Waals surface area contributed by atoms with Gasteiger partial charge in [-0.3, -0.25) is 29.1 Å². The van der Waals surface area contributed by atoms with Crippen LogP contribution in [0.3, 0.4) is 0 Å². The third kappa shape index (κ3) is 7.24. The summed E-state index contributed by atoms with van der Waals surface area (Å²) in [5, 5.41) is 14.3. The first-order valence-electron chi connectivity index (χ1n) is 13.9. The number of nitrogens with one attached hydrogen (secondary N) is 1. The third-order valence-corrected chi connectivity index (χ3v) is 8.38. The summed E-state index contributed by atoms with van der Waals surface area (Å²) in [4.78, 5) is 73.6. The predicted octanol–water partition coefficient (Wildman–Crippen LogP) is 4.89. The van der Waals surface area contributed by atoms with Crippen LogP contribution in [-0.4, -0.2) is 51.8 Å². The quantitative estimate of drug-likeness (QED) is 0.0901. The second-order valence-electron chi connectivity index (χ2n) is 10.2. The van der Waals surface area contributed by atoms with Gasteiger partial charge in [0.15, 0.2) is 0 Å². The second kappa shape index (κ2) is 13.9. The smallest absolute Gasteiger partial charge is 0.306 e. The summed E-state index contributed by atoms with van der Waals surface area (Å²) in [6.45, 7) is -0.585. The van der Waals surface area contributed by atoms with E-state index in [2.05, 4.69) is 15.1 Å². The van der Waals surface area contributed by atoms with Crippen LogP contribution in [0.4, 0.5) is 5.00 Å². The maximum atomic E-state index is 13.9. The highest BCUT2D eigenvalue weighted by molar-refractivity contribution is 7.22. The van der Waals surface area contributed by atoms with Gasteiger partial charge in [-0.25, -0.2) is 0 Å². The van der Waals surface area contributed by atoms with Crippen molar-refractivity contribution < 1.29 is 33.8 Å². The van der Waals surface area contributed by atoms with Crippen molar-refractivity contribution in [1.29, 1.82) is 0 Å². The largest absolute Gasteiger partial charge is 0.461 e. The zero-order valence-corrected chi connectivity index (χ0v) is 24.2. The molecule has 0 radical (unpaired) electrons. The minimum atomic E-state index is -1.03. The van der Waals surface area contributed by atoms with Crippen LogP contribution in [0.15, 0.2) is 79.1 Å². The number of imide groups is 1. The Balaban J connectivity index is 1.38. The third-order valence-electron chi connectivity index (χ3n) is 7.38. The highest BCUT2D eigenvalue weighted by Gasteiger charge is 2.40. The monoisotopic (exact) mass is 616 g/mol. The molecule has 0 bridgehead atoms. The number of esters is 1. The van der Waals surface area contributed by atoms with E-state index in [0.29, 0.717) is 5.00 Å². The van der Waals surface area contributed by atoms with Crippen LogP contribution in [0.2, 0.25) is 0 Å². The number of benzene rings is 2. The molecule has 3 heterocycles. The molecule has 4 aromatic rings. The van der Waals surface area contributed by atoms with Gasteiger partial charge in [0, 0.05) is 25.4 Å². The van der Waals surface area contributed by atoms with Crippen LogP contribution < -0.4 is 5.32 Å². The Morgan fingerprint density at radius 3 is 2.39 bits per heavy atom. The fourth-order valence-corrected chi connectivity index (χ4v) is 6.08. The van der Waals surface area contributed by atoms with Gasteiger partial charge in [0.25, 0.3) is 16.9 Å². The molecule has 13 heteroatoms. The normalized spacial score (nSPS) is 13.8. The number of aromatic nitrogens is 1. The molecule has 226 valence electrons. The number of amides is 3. The summed E-state index contributed by atoms with van der Waals surface area (Å²) >= 11 is 1.30. The predicted molar refractivity (Wildman–Crippen MR) is 160 cm³/mol. The van der Waals surface area contributed by atoms with Gasteiger partial charge in [-0.15, -0.1) is 21.5 Å². The number of thiophene rings is 1. The maximum absolute atomic E-state index is 13.9. The summed E-state index contributed by atoms with van der Waals surface area (Å²) in [6, 6.07) is 19.1. The Labute approximate surface area is 255 Å². The molecule has 44 heavy (non-hydrogen) atoms. The maximum Gasteiger partial charge on any atom is 0.306 e. The lowest BCUT2D eigenvalue weighted by Crippen LogP contribution is -2.42. The molecule has 3 amide bonds. The number of hydrogen-bond donors (Lipinski definition) is 1. The number of ether oxygens (including phenoxy) is 1.